The summed E-state index contributed by atoms with van der Waals surface area (Å²) in [5.74, 6) is -0.361. The molecule has 18 heavy (non-hydrogen) atoms. The Morgan fingerprint density at radius 3 is 2.50 bits per heavy atom. The summed E-state index contributed by atoms with van der Waals surface area (Å²) in [4.78, 5) is 14.9. The molecule has 0 aliphatic heterocycles. The van der Waals surface area contributed by atoms with Gasteiger partial charge in [-0.2, -0.15) is 0 Å². The van der Waals surface area contributed by atoms with Crippen molar-refractivity contribution < 1.29 is 9.18 Å². The van der Waals surface area contributed by atoms with E-state index in [0.29, 0.717) is 11.8 Å². The number of nitrogens with zero attached hydrogens (tertiary/aromatic N) is 2. The minimum absolute atomic E-state index is 0.361. The minimum Gasteiger partial charge on any atom is -0.372 e. The Kier molecular flexibility index (Phi) is 5.78. The number of aldehydes is 1. The normalized spacial score (nSPS) is 10.7. The van der Waals surface area contributed by atoms with Crippen LogP contribution in [-0.4, -0.2) is 44.9 Å². The standard InChI is InChI=1S/C14H21FN2O/c1-4-17(7-5-6-16(2)3)14-9-12(11-18)8-13(15)10-14/h8-11H,4-7H2,1-3H3. The van der Waals surface area contributed by atoms with Gasteiger partial charge >= 0.3 is 0 Å². The molecule has 0 heterocycles. The summed E-state index contributed by atoms with van der Waals surface area (Å²) in [7, 11) is 4.06. The molecule has 0 aliphatic rings. The molecule has 0 fully saturated rings. The summed E-state index contributed by atoms with van der Waals surface area (Å²) in [6, 6.07) is 4.46. The van der Waals surface area contributed by atoms with E-state index in [0.717, 1.165) is 31.7 Å². The summed E-state index contributed by atoms with van der Waals surface area (Å²) in [5.41, 5.74) is 1.16. The highest BCUT2D eigenvalue weighted by Crippen LogP contribution is 2.18. The third kappa shape index (κ3) is 4.45. The number of hydrogen-bond acceptors (Lipinski definition) is 3. The first kappa shape index (κ1) is 14.6. The number of halogens is 1. The lowest BCUT2D eigenvalue weighted by Crippen LogP contribution is -2.27. The third-order valence-electron chi connectivity index (χ3n) is 2.82. The fraction of sp³-hybridized carbons (Fsp3) is 0.500. The van der Waals surface area contributed by atoms with Crippen molar-refractivity contribution in [2.24, 2.45) is 0 Å². The van der Waals surface area contributed by atoms with Crippen molar-refractivity contribution in [1.82, 2.24) is 4.90 Å². The van der Waals surface area contributed by atoms with Gasteiger partial charge in [-0.05, 0) is 52.2 Å². The molecule has 0 aliphatic carbocycles. The Bertz CT molecular complexity index is 393. The van der Waals surface area contributed by atoms with Gasteiger partial charge in [0.25, 0.3) is 0 Å². The molecule has 0 amide bonds. The van der Waals surface area contributed by atoms with Crippen molar-refractivity contribution in [2.75, 3.05) is 38.6 Å². The van der Waals surface area contributed by atoms with Gasteiger partial charge in [0.15, 0.2) is 0 Å². The lowest BCUT2D eigenvalue weighted by molar-refractivity contribution is 0.112. The molecule has 0 radical (unpaired) electrons. The Labute approximate surface area is 108 Å². The second-order valence-electron chi connectivity index (χ2n) is 4.60. The average molecular weight is 252 g/mol. The Morgan fingerprint density at radius 2 is 1.94 bits per heavy atom. The van der Waals surface area contributed by atoms with E-state index in [9.17, 15) is 9.18 Å². The number of benzene rings is 1. The molecule has 0 N–H and O–H groups in total. The summed E-state index contributed by atoms with van der Waals surface area (Å²) in [5, 5.41) is 0. The van der Waals surface area contributed by atoms with Crippen LogP contribution in [0.4, 0.5) is 10.1 Å². The third-order valence-corrected chi connectivity index (χ3v) is 2.82. The van der Waals surface area contributed by atoms with Crippen molar-refractivity contribution >= 4 is 12.0 Å². The fourth-order valence-corrected chi connectivity index (χ4v) is 1.89. The van der Waals surface area contributed by atoms with Gasteiger partial charge in [0.2, 0.25) is 0 Å². The van der Waals surface area contributed by atoms with Crippen molar-refractivity contribution in [1.29, 1.82) is 0 Å². The van der Waals surface area contributed by atoms with Gasteiger partial charge in [-0.25, -0.2) is 4.39 Å². The van der Waals surface area contributed by atoms with Crippen LogP contribution in [0.2, 0.25) is 0 Å². The molecule has 0 spiro atoms. The molecule has 0 saturated carbocycles. The summed E-state index contributed by atoms with van der Waals surface area (Å²) >= 11 is 0. The zero-order valence-corrected chi connectivity index (χ0v) is 11.3. The van der Waals surface area contributed by atoms with Crippen LogP contribution in [0.25, 0.3) is 0 Å². The molecule has 3 nitrogen and oxygen atoms in total. The van der Waals surface area contributed by atoms with E-state index in [1.54, 1.807) is 6.07 Å². The van der Waals surface area contributed by atoms with Crippen molar-refractivity contribution in [2.45, 2.75) is 13.3 Å². The minimum atomic E-state index is -0.361. The molecule has 100 valence electrons. The molecule has 1 rings (SSSR count). The fourth-order valence-electron chi connectivity index (χ4n) is 1.89. The van der Waals surface area contributed by atoms with Gasteiger partial charge < -0.3 is 9.80 Å². The molecule has 0 unspecified atom stereocenters. The first-order chi connectivity index (χ1) is 8.56. The average Bonchev–Trinajstić information content (AvgIpc) is 2.33. The van der Waals surface area contributed by atoms with Crippen LogP contribution in [0.5, 0.6) is 0 Å². The van der Waals surface area contributed by atoms with Crippen molar-refractivity contribution in [3.63, 3.8) is 0 Å². The van der Waals surface area contributed by atoms with E-state index in [-0.39, 0.29) is 5.82 Å². The number of carbonyl (C=O) groups is 1. The first-order valence-electron chi connectivity index (χ1n) is 6.22. The van der Waals surface area contributed by atoms with Crippen molar-refractivity contribution in [3.8, 4) is 0 Å². The molecular formula is C14H21FN2O. The van der Waals surface area contributed by atoms with E-state index in [4.69, 9.17) is 0 Å². The molecule has 0 aromatic heterocycles. The van der Waals surface area contributed by atoms with E-state index in [1.165, 1.54) is 12.1 Å². The lowest BCUT2D eigenvalue weighted by atomic mass is 10.2. The van der Waals surface area contributed by atoms with Gasteiger partial charge in [-0.3, -0.25) is 4.79 Å². The molecule has 1 aromatic carbocycles. The predicted octanol–water partition coefficient (Wildman–Crippen LogP) is 2.42. The Morgan fingerprint density at radius 1 is 1.22 bits per heavy atom. The van der Waals surface area contributed by atoms with Crippen LogP contribution in [0.1, 0.15) is 23.7 Å². The number of anilines is 1. The highest BCUT2D eigenvalue weighted by atomic mass is 19.1. The van der Waals surface area contributed by atoms with Crippen LogP contribution in [-0.2, 0) is 0 Å². The SMILES string of the molecule is CCN(CCCN(C)C)c1cc(F)cc(C=O)c1. The summed E-state index contributed by atoms with van der Waals surface area (Å²) in [6.07, 6.45) is 1.69. The highest BCUT2D eigenvalue weighted by Gasteiger charge is 2.07. The van der Waals surface area contributed by atoms with Crippen LogP contribution in [0.3, 0.4) is 0 Å². The second kappa shape index (κ2) is 7.11. The maximum Gasteiger partial charge on any atom is 0.150 e. The number of hydrogen-bond donors (Lipinski definition) is 0. The van der Waals surface area contributed by atoms with Gasteiger partial charge in [-0.1, -0.05) is 0 Å². The van der Waals surface area contributed by atoms with Crippen molar-refractivity contribution in [3.05, 3.63) is 29.6 Å². The Hall–Kier alpha value is -1.42. The Balaban J connectivity index is 2.74. The largest absolute Gasteiger partial charge is 0.372 e. The van der Waals surface area contributed by atoms with E-state index in [1.807, 2.05) is 21.0 Å². The van der Waals surface area contributed by atoms with Crippen LogP contribution in [0, 0.1) is 5.82 Å². The zero-order valence-electron chi connectivity index (χ0n) is 11.3. The van der Waals surface area contributed by atoms with Gasteiger partial charge in [0.05, 0.1) is 0 Å². The summed E-state index contributed by atoms with van der Waals surface area (Å²) in [6.45, 7) is 4.68. The van der Waals surface area contributed by atoms with Gasteiger partial charge in [-0.15, -0.1) is 0 Å². The quantitative estimate of drug-likeness (QED) is 0.696. The predicted molar refractivity (Wildman–Crippen MR) is 72.8 cm³/mol. The van der Waals surface area contributed by atoms with E-state index in [2.05, 4.69) is 9.80 Å². The monoisotopic (exact) mass is 252 g/mol. The zero-order chi connectivity index (χ0) is 13.5. The summed E-state index contributed by atoms with van der Waals surface area (Å²) < 4.78 is 13.4. The smallest absolute Gasteiger partial charge is 0.150 e. The maximum atomic E-state index is 13.4. The molecule has 1 aromatic rings. The molecular weight excluding hydrogens is 231 g/mol. The second-order valence-corrected chi connectivity index (χ2v) is 4.60. The molecule has 0 bridgehead atoms. The van der Waals surface area contributed by atoms with E-state index < -0.39 is 0 Å². The van der Waals surface area contributed by atoms with Crippen LogP contribution >= 0.6 is 0 Å². The highest BCUT2D eigenvalue weighted by molar-refractivity contribution is 5.77. The van der Waals surface area contributed by atoms with Gasteiger partial charge in [0.1, 0.15) is 12.1 Å². The van der Waals surface area contributed by atoms with Crippen LogP contribution in [0.15, 0.2) is 18.2 Å². The molecule has 0 atom stereocenters. The lowest BCUT2D eigenvalue weighted by Gasteiger charge is -2.24. The van der Waals surface area contributed by atoms with Gasteiger partial charge in [0, 0.05) is 24.3 Å². The molecule has 4 heteroatoms. The topological polar surface area (TPSA) is 23.6 Å². The van der Waals surface area contributed by atoms with E-state index >= 15 is 0 Å². The first-order valence-corrected chi connectivity index (χ1v) is 6.22. The number of carbonyl (C=O) groups excluding carboxylic acids is 1. The van der Waals surface area contributed by atoms with Crippen LogP contribution < -0.4 is 4.90 Å². The molecule has 0 saturated heterocycles. The maximum absolute atomic E-state index is 13.4. The number of rotatable bonds is 7.